The van der Waals surface area contributed by atoms with Crippen molar-refractivity contribution in [3.05, 3.63) is 83.0 Å². The molecule has 0 spiro atoms. The molecule has 7 rings (SSSR count). The molecule has 1 N–H and O–H groups in total. The number of halogens is 1. The fraction of sp³-hybridized carbons (Fsp3) is 0.342. The number of hydrogen-bond acceptors (Lipinski definition) is 6. The number of aryl methyl sites for hydroxylation is 1. The summed E-state index contributed by atoms with van der Waals surface area (Å²) < 4.78 is 18.3. The Bertz CT molecular complexity index is 2300. The molecule has 9 nitrogen and oxygen atoms in total. The van der Waals surface area contributed by atoms with E-state index in [1.54, 1.807) is 11.7 Å². The summed E-state index contributed by atoms with van der Waals surface area (Å²) in [6.45, 7) is 15.0. The van der Waals surface area contributed by atoms with Crippen molar-refractivity contribution in [3.63, 3.8) is 0 Å². The van der Waals surface area contributed by atoms with Crippen molar-refractivity contribution in [2.24, 2.45) is 7.05 Å². The Labute approximate surface area is 288 Å². The number of carbonyl (C=O) groups excluding carboxylic acids is 1. The maximum Gasteiger partial charge on any atom is 0.424 e. The molecule has 0 radical (unpaired) electrons. The molecule has 0 saturated heterocycles. The number of methoxy groups -OCH3 is 1. The van der Waals surface area contributed by atoms with Crippen molar-refractivity contribution < 1.29 is 14.3 Å². The third-order valence-corrected chi connectivity index (χ3v) is 9.59. The second kappa shape index (κ2) is 11.1. The Morgan fingerprint density at radius 2 is 1.67 bits per heavy atom. The van der Waals surface area contributed by atoms with E-state index in [-0.39, 0.29) is 16.5 Å². The third kappa shape index (κ3) is 5.71. The number of aromatic nitrogens is 5. The van der Waals surface area contributed by atoms with E-state index in [1.807, 2.05) is 77.1 Å². The minimum atomic E-state index is -0.504. The van der Waals surface area contributed by atoms with Gasteiger partial charge in [-0.15, -0.1) is 0 Å². The van der Waals surface area contributed by atoms with Crippen LogP contribution >= 0.6 is 15.9 Å². The number of nitrogens with zero attached hydrogens (tertiary/aromatic N) is 5. The van der Waals surface area contributed by atoms with Crippen LogP contribution in [0.3, 0.4) is 0 Å². The minimum absolute atomic E-state index is 0.0642. The number of ether oxygens (including phenoxy) is 2. The molecule has 0 saturated carbocycles. The Morgan fingerprint density at radius 1 is 0.938 bits per heavy atom. The molecule has 1 aliphatic rings. The molecule has 6 aromatic rings. The van der Waals surface area contributed by atoms with Crippen LogP contribution in [0.2, 0.25) is 0 Å². The molecule has 0 fully saturated rings. The molecule has 4 aromatic heterocycles. The summed E-state index contributed by atoms with van der Waals surface area (Å²) in [6.07, 6.45) is 8.54. The van der Waals surface area contributed by atoms with Gasteiger partial charge >= 0.3 is 6.09 Å². The fourth-order valence-electron chi connectivity index (χ4n) is 7.09. The Hall–Kier alpha value is -4.41. The zero-order valence-electron chi connectivity index (χ0n) is 28.9. The Balaban J connectivity index is 1.33. The average molecular weight is 710 g/mol. The van der Waals surface area contributed by atoms with Crippen molar-refractivity contribution in [2.75, 3.05) is 7.11 Å². The number of imidazole rings is 1. The van der Waals surface area contributed by atoms with Gasteiger partial charge in [-0.2, -0.15) is 0 Å². The van der Waals surface area contributed by atoms with Crippen molar-refractivity contribution in [2.45, 2.75) is 71.4 Å². The van der Waals surface area contributed by atoms with Gasteiger partial charge in [0.1, 0.15) is 11.5 Å². The number of fused-ring (bicyclic) bond motifs is 3. The summed E-state index contributed by atoms with van der Waals surface area (Å²) in [4.78, 5) is 24.3. The SMILES string of the molecule is COc1cc2cc(C(C)(C)C)n(C(=O)Oc3cc4ccn(C)c4cc3-c3cn4ccc(C5=CC(C)(C)NC(C)(C)C5)nc4n3)c2cc1Br. The second-order valence-electron chi connectivity index (χ2n) is 15.1. The summed E-state index contributed by atoms with van der Waals surface area (Å²) in [5.74, 6) is 1.69. The van der Waals surface area contributed by atoms with E-state index in [2.05, 4.69) is 75.8 Å². The molecule has 248 valence electrons. The first kappa shape index (κ1) is 32.2. The van der Waals surface area contributed by atoms with Crippen LogP contribution in [0.4, 0.5) is 4.79 Å². The molecule has 0 aliphatic carbocycles. The highest BCUT2D eigenvalue weighted by atomic mass is 79.9. The Morgan fingerprint density at radius 3 is 2.38 bits per heavy atom. The lowest BCUT2D eigenvalue weighted by Crippen LogP contribution is -2.53. The maximum absolute atomic E-state index is 14.3. The van der Waals surface area contributed by atoms with Crippen LogP contribution in [0.15, 0.2) is 71.6 Å². The summed E-state index contributed by atoms with van der Waals surface area (Å²) in [7, 11) is 3.63. The van der Waals surface area contributed by atoms with Gasteiger partial charge in [-0.05, 0) is 98.1 Å². The number of benzene rings is 2. The molecule has 0 bridgehead atoms. The van der Waals surface area contributed by atoms with Gasteiger partial charge in [-0.25, -0.2) is 19.3 Å². The molecule has 0 unspecified atom stereocenters. The lowest BCUT2D eigenvalue weighted by molar-refractivity contribution is 0.202. The van der Waals surface area contributed by atoms with Crippen LogP contribution in [0, 0.1) is 0 Å². The molecule has 0 amide bonds. The normalized spacial score (nSPS) is 16.1. The van der Waals surface area contributed by atoms with Crippen molar-refractivity contribution in [1.82, 2.24) is 28.8 Å². The second-order valence-corrected chi connectivity index (χ2v) is 15.9. The maximum atomic E-state index is 14.3. The van der Waals surface area contributed by atoms with Gasteiger partial charge in [-0.1, -0.05) is 26.8 Å². The van der Waals surface area contributed by atoms with Crippen molar-refractivity contribution in [1.29, 1.82) is 0 Å². The van der Waals surface area contributed by atoms with E-state index >= 15 is 0 Å². The highest BCUT2D eigenvalue weighted by Gasteiger charge is 2.33. The van der Waals surface area contributed by atoms with E-state index < -0.39 is 6.09 Å². The monoisotopic (exact) mass is 708 g/mol. The van der Waals surface area contributed by atoms with E-state index in [1.165, 1.54) is 5.57 Å². The molecule has 0 atom stereocenters. The van der Waals surface area contributed by atoms with Crippen molar-refractivity contribution in [3.8, 4) is 22.8 Å². The number of hydrogen-bond donors (Lipinski definition) is 1. The highest BCUT2D eigenvalue weighted by molar-refractivity contribution is 9.10. The third-order valence-electron chi connectivity index (χ3n) is 8.97. The summed E-state index contributed by atoms with van der Waals surface area (Å²) in [5, 5.41) is 5.53. The van der Waals surface area contributed by atoms with Gasteiger partial charge in [0.05, 0.1) is 28.5 Å². The molecular weight excluding hydrogens is 668 g/mol. The minimum Gasteiger partial charge on any atom is -0.496 e. The number of carbonyl (C=O) groups is 1. The van der Waals surface area contributed by atoms with Gasteiger partial charge < -0.3 is 19.4 Å². The van der Waals surface area contributed by atoms with Gasteiger partial charge in [0.15, 0.2) is 0 Å². The van der Waals surface area contributed by atoms with Crippen LogP contribution in [0.1, 0.15) is 66.3 Å². The highest BCUT2D eigenvalue weighted by Crippen LogP contribution is 2.39. The van der Waals surface area contributed by atoms with E-state index in [0.29, 0.717) is 28.5 Å². The topological polar surface area (TPSA) is 87.6 Å². The lowest BCUT2D eigenvalue weighted by Gasteiger charge is -2.41. The summed E-state index contributed by atoms with van der Waals surface area (Å²) >= 11 is 3.60. The predicted octanol–water partition coefficient (Wildman–Crippen LogP) is 8.89. The van der Waals surface area contributed by atoms with Gasteiger partial charge in [0.25, 0.3) is 0 Å². The average Bonchev–Trinajstić information content (AvgIpc) is 3.68. The first-order chi connectivity index (χ1) is 22.5. The van der Waals surface area contributed by atoms with Gasteiger partial charge in [-0.3, -0.25) is 4.40 Å². The van der Waals surface area contributed by atoms with E-state index in [9.17, 15) is 4.79 Å². The summed E-state index contributed by atoms with van der Waals surface area (Å²) in [5.41, 5.74) is 5.44. The molecule has 5 heterocycles. The molecule has 1 aliphatic heterocycles. The Kier molecular flexibility index (Phi) is 7.41. The van der Waals surface area contributed by atoms with Crippen molar-refractivity contribution >= 4 is 55.2 Å². The van der Waals surface area contributed by atoms with Crippen LogP contribution in [0.25, 0.3) is 44.4 Å². The van der Waals surface area contributed by atoms with Crippen LogP contribution in [-0.4, -0.2) is 47.8 Å². The van der Waals surface area contributed by atoms with E-state index in [4.69, 9.17) is 19.4 Å². The smallest absolute Gasteiger partial charge is 0.424 e. The summed E-state index contributed by atoms with van der Waals surface area (Å²) in [6, 6.07) is 13.9. The first-order valence-corrected chi connectivity index (χ1v) is 16.9. The largest absolute Gasteiger partial charge is 0.496 e. The van der Waals surface area contributed by atoms with E-state index in [0.717, 1.165) is 44.1 Å². The molecule has 2 aromatic carbocycles. The first-order valence-electron chi connectivity index (χ1n) is 16.1. The zero-order valence-corrected chi connectivity index (χ0v) is 30.5. The van der Waals surface area contributed by atoms with Crippen LogP contribution in [0.5, 0.6) is 11.5 Å². The van der Waals surface area contributed by atoms with Gasteiger partial charge in [0.2, 0.25) is 5.78 Å². The molecule has 10 heteroatoms. The number of nitrogens with one attached hydrogen (secondary N) is 1. The predicted molar refractivity (Wildman–Crippen MR) is 195 cm³/mol. The quantitative estimate of drug-likeness (QED) is 0.197. The molecular formula is C38H41BrN6O3. The number of rotatable bonds is 4. The van der Waals surface area contributed by atoms with Gasteiger partial charge in [0, 0.05) is 69.7 Å². The van der Waals surface area contributed by atoms with Crippen LogP contribution < -0.4 is 14.8 Å². The lowest BCUT2D eigenvalue weighted by atomic mass is 9.82. The standard InChI is InChI=1S/C38H41BrN6O3/c1-36(2,3)33-16-23-15-32(47-9)26(39)18-30(23)45(33)35(46)48-31-14-22-10-12-43(8)29(22)17-25(31)28-21-44-13-11-27(40-34(44)41-28)24-19-37(4,5)42-38(6,7)20-24/h10-19,21,42H,20H2,1-9H3. The van der Waals surface area contributed by atoms with Crippen LogP contribution in [-0.2, 0) is 12.5 Å². The zero-order chi connectivity index (χ0) is 34.3. The molecule has 48 heavy (non-hydrogen) atoms. The fourth-order valence-corrected chi connectivity index (χ4v) is 7.59.